The summed E-state index contributed by atoms with van der Waals surface area (Å²) in [5.41, 5.74) is 0. The van der Waals surface area contributed by atoms with E-state index in [0.717, 1.165) is 12.2 Å². The lowest BCUT2D eigenvalue weighted by Crippen LogP contribution is -2.41. The number of nitrogens with zero attached hydrogens (tertiary/aromatic N) is 3. The lowest BCUT2D eigenvalue weighted by molar-refractivity contribution is -0.129. The van der Waals surface area contributed by atoms with Gasteiger partial charge in [-0.1, -0.05) is 32.9 Å². The van der Waals surface area contributed by atoms with Crippen LogP contribution in [0.2, 0.25) is 0 Å². The molecule has 0 aliphatic heterocycles. The minimum atomic E-state index is -0.348. The van der Waals surface area contributed by atoms with Gasteiger partial charge in [0.2, 0.25) is 35.4 Å². The number of rotatable bonds is 22. The first-order valence-corrected chi connectivity index (χ1v) is 12.9. The zero-order chi connectivity index (χ0) is 30.3. The summed E-state index contributed by atoms with van der Waals surface area (Å²) in [6.07, 6.45) is 6.81. The molecule has 0 atom stereocenters. The molecule has 0 fully saturated rings. The molecule has 0 radical (unpaired) electrons. The highest BCUT2D eigenvalue weighted by Gasteiger charge is 2.16. The Morgan fingerprint density at radius 1 is 0.475 bits per heavy atom. The van der Waals surface area contributed by atoms with Crippen molar-refractivity contribution in [3.05, 3.63) is 63.3 Å². The average Bonchev–Trinajstić information content (AvgIpc) is 2.97. The maximum absolute atomic E-state index is 12.4. The summed E-state index contributed by atoms with van der Waals surface area (Å²) in [6, 6.07) is 0. The van der Waals surface area contributed by atoms with E-state index in [1.54, 1.807) is 0 Å². The fourth-order valence-corrected chi connectivity index (χ4v) is 3.43. The molecule has 0 spiro atoms. The van der Waals surface area contributed by atoms with E-state index in [-0.39, 0.29) is 81.1 Å². The van der Waals surface area contributed by atoms with Crippen molar-refractivity contribution < 1.29 is 28.8 Å². The predicted molar refractivity (Wildman–Crippen MR) is 154 cm³/mol. The van der Waals surface area contributed by atoms with E-state index >= 15 is 0 Å². The molecule has 6 amide bonds. The summed E-state index contributed by atoms with van der Waals surface area (Å²) < 4.78 is 0. The maximum Gasteiger partial charge on any atom is 0.246 e. The van der Waals surface area contributed by atoms with Gasteiger partial charge in [-0.15, -0.1) is 0 Å². The standard InChI is InChI=1S/C28H42N6O6/c1-6-23(35)29-14-11-17-33(27(39)9-4)22-16-31-25(37)13-20-32(26(38)8-3)18-12-19-34(28(40)10-5)21-15-30-24(36)7-2/h6-10H,1-5,11-22H2,(H,29,35)(H,30,36)(H,31,37). The van der Waals surface area contributed by atoms with Crippen LogP contribution >= 0.6 is 0 Å². The van der Waals surface area contributed by atoms with Crippen LogP contribution < -0.4 is 16.0 Å². The largest absolute Gasteiger partial charge is 0.354 e. The Balaban J connectivity index is 4.70. The molecule has 0 heterocycles. The zero-order valence-corrected chi connectivity index (χ0v) is 23.2. The first kappa shape index (κ1) is 35.5. The third kappa shape index (κ3) is 15.7. The van der Waals surface area contributed by atoms with Gasteiger partial charge in [0.05, 0.1) is 0 Å². The Hall–Kier alpha value is -4.48. The minimum absolute atomic E-state index is 0.0332. The third-order valence-corrected chi connectivity index (χ3v) is 5.58. The van der Waals surface area contributed by atoms with Gasteiger partial charge in [-0.2, -0.15) is 0 Å². The molecule has 0 aliphatic carbocycles. The summed E-state index contributed by atoms with van der Waals surface area (Å²) in [4.78, 5) is 76.0. The quantitative estimate of drug-likeness (QED) is 0.125. The molecule has 0 aromatic carbocycles. The lowest BCUT2D eigenvalue weighted by Gasteiger charge is -2.25. The Morgan fingerprint density at radius 3 is 1.32 bits per heavy atom. The van der Waals surface area contributed by atoms with Crippen molar-refractivity contribution in [2.45, 2.75) is 19.3 Å². The van der Waals surface area contributed by atoms with Gasteiger partial charge in [0, 0.05) is 65.3 Å². The van der Waals surface area contributed by atoms with E-state index in [1.165, 1.54) is 32.9 Å². The van der Waals surface area contributed by atoms with Gasteiger partial charge in [0.25, 0.3) is 0 Å². The normalized spacial score (nSPS) is 9.80. The Morgan fingerprint density at radius 2 is 0.875 bits per heavy atom. The number of amides is 6. The molecule has 12 heteroatoms. The van der Waals surface area contributed by atoms with Gasteiger partial charge in [0.1, 0.15) is 0 Å². The summed E-state index contributed by atoms with van der Waals surface area (Å²) in [7, 11) is 0. The Kier molecular flexibility index (Phi) is 19.1. The second-order valence-electron chi connectivity index (χ2n) is 8.39. The van der Waals surface area contributed by atoms with Crippen LogP contribution in [-0.2, 0) is 28.8 Å². The molecule has 0 aromatic rings. The average molecular weight is 559 g/mol. The van der Waals surface area contributed by atoms with E-state index in [9.17, 15) is 28.8 Å². The van der Waals surface area contributed by atoms with Gasteiger partial charge < -0.3 is 30.7 Å². The van der Waals surface area contributed by atoms with E-state index < -0.39 is 0 Å². The second kappa shape index (κ2) is 21.5. The molecule has 12 nitrogen and oxygen atoms in total. The highest BCUT2D eigenvalue weighted by Crippen LogP contribution is 2.01. The van der Waals surface area contributed by atoms with Crippen molar-refractivity contribution >= 4 is 35.4 Å². The first-order valence-electron chi connectivity index (χ1n) is 12.9. The van der Waals surface area contributed by atoms with Gasteiger partial charge in [-0.3, -0.25) is 28.8 Å². The number of hydrogen-bond acceptors (Lipinski definition) is 6. The molecule has 40 heavy (non-hydrogen) atoms. The van der Waals surface area contributed by atoms with Crippen molar-refractivity contribution in [2.75, 3.05) is 58.9 Å². The maximum atomic E-state index is 12.4. The van der Waals surface area contributed by atoms with E-state index in [2.05, 4.69) is 48.8 Å². The molecule has 0 aromatic heterocycles. The van der Waals surface area contributed by atoms with Crippen LogP contribution in [0.5, 0.6) is 0 Å². The van der Waals surface area contributed by atoms with Gasteiger partial charge >= 0.3 is 0 Å². The van der Waals surface area contributed by atoms with Crippen LogP contribution in [0.1, 0.15) is 19.3 Å². The molecule has 0 unspecified atom stereocenters. The molecule has 0 bridgehead atoms. The van der Waals surface area contributed by atoms with Crippen LogP contribution in [0.4, 0.5) is 0 Å². The Labute approximate surface area is 236 Å². The predicted octanol–water partition coefficient (Wildman–Crippen LogP) is -0.0789. The highest BCUT2D eigenvalue weighted by atomic mass is 16.2. The van der Waals surface area contributed by atoms with Gasteiger partial charge in [-0.05, 0) is 43.2 Å². The van der Waals surface area contributed by atoms with Crippen LogP contribution in [0.3, 0.4) is 0 Å². The van der Waals surface area contributed by atoms with E-state index in [4.69, 9.17) is 0 Å². The highest BCUT2D eigenvalue weighted by molar-refractivity contribution is 5.89. The molecule has 0 saturated carbocycles. The molecule has 0 rings (SSSR count). The fourth-order valence-electron chi connectivity index (χ4n) is 3.43. The fraction of sp³-hybridized carbons (Fsp3) is 0.429. The summed E-state index contributed by atoms with van der Waals surface area (Å²) in [5, 5.41) is 7.97. The van der Waals surface area contributed by atoms with Crippen LogP contribution in [-0.4, -0.2) is 109 Å². The minimum Gasteiger partial charge on any atom is -0.354 e. The van der Waals surface area contributed by atoms with Crippen LogP contribution in [0.15, 0.2) is 63.3 Å². The van der Waals surface area contributed by atoms with Gasteiger partial charge in [-0.25, -0.2) is 0 Å². The lowest BCUT2D eigenvalue weighted by atomic mass is 10.2. The molecule has 220 valence electrons. The van der Waals surface area contributed by atoms with Crippen molar-refractivity contribution in [2.24, 2.45) is 0 Å². The van der Waals surface area contributed by atoms with Crippen molar-refractivity contribution in [1.82, 2.24) is 30.7 Å². The summed E-state index contributed by atoms with van der Waals surface area (Å²) in [5.74, 6) is -1.89. The SMILES string of the molecule is C=CC(=O)NCCCN(CCNC(=O)CCN(CCCN(CCNC(=O)C=C)C(=O)C=C)C(=O)C=C)C(=O)C=C. The number of carbonyl (C=O) groups is 6. The monoisotopic (exact) mass is 558 g/mol. The van der Waals surface area contributed by atoms with Crippen LogP contribution in [0, 0.1) is 0 Å². The van der Waals surface area contributed by atoms with E-state index in [1.807, 2.05) is 0 Å². The topological polar surface area (TPSA) is 148 Å². The van der Waals surface area contributed by atoms with Crippen molar-refractivity contribution in [3.8, 4) is 0 Å². The molecule has 0 aliphatic rings. The summed E-state index contributed by atoms with van der Waals surface area (Å²) >= 11 is 0. The number of hydrogen-bond donors (Lipinski definition) is 3. The van der Waals surface area contributed by atoms with E-state index in [0.29, 0.717) is 32.5 Å². The molecular weight excluding hydrogens is 516 g/mol. The van der Waals surface area contributed by atoms with Crippen molar-refractivity contribution in [3.63, 3.8) is 0 Å². The smallest absolute Gasteiger partial charge is 0.246 e. The van der Waals surface area contributed by atoms with Crippen LogP contribution in [0.25, 0.3) is 0 Å². The van der Waals surface area contributed by atoms with Crippen molar-refractivity contribution in [1.29, 1.82) is 0 Å². The Bertz CT molecular complexity index is 948. The number of nitrogens with one attached hydrogen (secondary N) is 3. The molecule has 0 saturated heterocycles. The number of carbonyl (C=O) groups excluding carboxylic acids is 6. The summed E-state index contributed by atoms with van der Waals surface area (Å²) in [6.45, 7) is 19.7. The third-order valence-electron chi connectivity index (χ3n) is 5.58. The molecular formula is C28H42N6O6. The van der Waals surface area contributed by atoms with Gasteiger partial charge in [0.15, 0.2) is 0 Å². The first-order chi connectivity index (χ1) is 19.1. The second-order valence-corrected chi connectivity index (χ2v) is 8.39. The molecule has 3 N–H and O–H groups in total. The zero-order valence-electron chi connectivity index (χ0n) is 23.2.